The fourth-order valence-electron chi connectivity index (χ4n) is 2.05. The van der Waals surface area contributed by atoms with E-state index in [2.05, 4.69) is 0 Å². The number of rotatable bonds is 1. The molecule has 1 aromatic rings. The molecule has 106 valence electrons. The molecule has 2 rings (SSSR count). The maximum atomic E-state index is 13.3. The number of hydrogen-bond donors (Lipinski definition) is 1. The summed E-state index contributed by atoms with van der Waals surface area (Å²) in [5.74, 6) is -0.583. The Kier molecular flexibility index (Phi) is 6.29. The third kappa shape index (κ3) is 3.93. The molecule has 0 aliphatic carbocycles. The van der Waals surface area contributed by atoms with Crippen LogP contribution in [0.5, 0.6) is 0 Å². The van der Waals surface area contributed by atoms with E-state index in [1.807, 2.05) is 22.6 Å². The summed E-state index contributed by atoms with van der Waals surface area (Å²) >= 11 is 7.78. The van der Waals surface area contributed by atoms with E-state index >= 15 is 0 Å². The SMILES string of the molecule is Cl.N[C@@H]1CCCN(C(=O)c2cc(I)c(F)cc2Cl)C1. The summed E-state index contributed by atoms with van der Waals surface area (Å²) in [6.45, 7) is 1.21. The number of nitrogens with two attached hydrogens (primary N) is 1. The van der Waals surface area contributed by atoms with E-state index in [0.29, 0.717) is 22.2 Å². The van der Waals surface area contributed by atoms with Crippen molar-refractivity contribution in [1.29, 1.82) is 0 Å². The molecule has 0 unspecified atom stereocenters. The molecule has 0 saturated carbocycles. The first-order valence-corrected chi connectivity index (χ1v) is 7.14. The lowest BCUT2D eigenvalue weighted by Crippen LogP contribution is -2.45. The number of carbonyl (C=O) groups excluding carboxylic acids is 1. The zero-order valence-corrected chi connectivity index (χ0v) is 13.8. The van der Waals surface area contributed by atoms with Gasteiger partial charge in [-0.1, -0.05) is 11.6 Å². The van der Waals surface area contributed by atoms with Crippen LogP contribution in [-0.4, -0.2) is 29.9 Å². The first kappa shape index (κ1) is 16.9. The summed E-state index contributed by atoms with van der Waals surface area (Å²) in [6.07, 6.45) is 1.82. The molecule has 1 aliphatic heterocycles. The predicted octanol–water partition coefficient (Wildman–Crippen LogP) is 3.07. The number of piperidine rings is 1. The van der Waals surface area contributed by atoms with Gasteiger partial charge in [-0.15, -0.1) is 12.4 Å². The van der Waals surface area contributed by atoms with E-state index in [9.17, 15) is 9.18 Å². The maximum Gasteiger partial charge on any atom is 0.255 e. The van der Waals surface area contributed by atoms with Crippen LogP contribution in [-0.2, 0) is 0 Å². The minimum absolute atomic E-state index is 0. The van der Waals surface area contributed by atoms with Crippen LogP contribution in [0.2, 0.25) is 5.02 Å². The van der Waals surface area contributed by atoms with Crippen molar-refractivity contribution >= 4 is 52.5 Å². The number of carbonyl (C=O) groups is 1. The average molecular weight is 419 g/mol. The maximum absolute atomic E-state index is 13.3. The summed E-state index contributed by atoms with van der Waals surface area (Å²) in [5, 5.41) is 0.150. The summed E-state index contributed by atoms with van der Waals surface area (Å²) < 4.78 is 13.7. The Hall–Kier alpha value is -0.110. The molecule has 0 spiro atoms. The Morgan fingerprint density at radius 1 is 1.53 bits per heavy atom. The molecule has 1 saturated heterocycles. The molecule has 0 radical (unpaired) electrons. The zero-order valence-electron chi connectivity index (χ0n) is 10.0. The van der Waals surface area contributed by atoms with Gasteiger partial charge in [-0.05, 0) is 47.6 Å². The number of amides is 1. The summed E-state index contributed by atoms with van der Waals surface area (Å²) in [5.41, 5.74) is 6.19. The van der Waals surface area contributed by atoms with Gasteiger partial charge in [0, 0.05) is 22.7 Å². The molecule has 0 bridgehead atoms. The van der Waals surface area contributed by atoms with Crippen LogP contribution >= 0.6 is 46.6 Å². The molecule has 1 atom stereocenters. The molecule has 1 fully saturated rings. The summed E-state index contributed by atoms with van der Waals surface area (Å²) in [4.78, 5) is 14.0. The second-order valence-corrected chi connectivity index (χ2v) is 5.97. The Morgan fingerprint density at radius 3 is 2.84 bits per heavy atom. The lowest BCUT2D eigenvalue weighted by molar-refractivity contribution is 0.0709. The number of halogens is 4. The summed E-state index contributed by atoms with van der Waals surface area (Å²) in [6, 6.07) is 2.68. The van der Waals surface area contributed by atoms with Gasteiger partial charge in [0.25, 0.3) is 5.91 Å². The number of benzene rings is 1. The van der Waals surface area contributed by atoms with Gasteiger partial charge in [-0.2, -0.15) is 0 Å². The number of likely N-dealkylation sites (tertiary alicyclic amines) is 1. The normalized spacial score (nSPS) is 18.9. The third-order valence-corrected chi connectivity index (χ3v) is 4.12. The molecular weight excluding hydrogens is 405 g/mol. The fraction of sp³-hybridized carbons (Fsp3) is 0.417. The molecule has 2 N–H and O–H groups in total. The second-order valence-electron chi connectivity index (χ2n) is 4.40. The van der Waals surface area contributed by atoms with Crippen LogP contribution in [0.25, 0.3) is 0 Å². The van der Waals surface area contributed by atoms with E-state index in [1.165, 1.54) is 12.1 Å². The van der Waals surface area contributed by atoms with Gasteiger partial charge in [0.05, 0.1) is 10.6 Å². The molecule has 1 aromatic carbocycles. The van der Waals surface area contributed by atoms with Crippen molar-refractivity contribution in [2.75, 3.05) is 13.1 Å². The van der Waals surface area contributed by atoms with Crippen LogP contribution in [0.1, 0.15) is 23.2 Å². The average Bonchev–Trinajstić information content (AvgIpc) is 2.33. The van der Waals surface area contributed by atoms with Crippen molar-refractivity contribution in [3.63, 3.8) is 0 Å². The molecular formula is C12H14Cl2FIN2O. The van der Waals surface area contributed by atoms with Gasteiger partial charge in [0.2, 0.25) is 0 Å². The lowest BCUT2D eigenvalue weighted by atomic mass is 10.1. The van der Waals surface area contributed by atoms with Crippen molar-refractivity contribution in [2.24, 2.45) is 5.73 Å². The van der Waals surface area contributed by atoms with Crippen LogP contribution in [0.3, 0.4) is 0 Å². The fourth-order valence-corrected chi connectivity index (χ4v) is 2.75. The Bertz CT molecular complexity index is 487. The molecule has 1 aliphatic rings. The monoisotopic (exact) mass is 418 g/mol. The largest absolute Gasteiger partial charge is 0.337 e. The molecule has 1 amide bonds. The highest BCUT2D eigenvalue weighted by atomic mass is 127. The molecule has 1 heterocycles. The van der Waals surface area contributed by atoms with Crippen molar-refractivity contribution in [2.45, 2.75) is 18.9 Å². The van der Waals surface area contributed by atoms with Gasteiger partial charge in [0.15, 0.2) is 0 Å². The minimum Gasteiger partial charge on any atom is -0.337 e. The highest BCUT2D eigenvalue weighted by Gasteiger charge is 2.24. The minimum atomic E-state index is -0.410. The van der Waals surface area contributed by atoms with Crippen molar-refractivity contribution in [1.82, 2.24) is 4.90 Å². The standard InChI is InChI=1S/C12H13ClFIN2O.ClH/c13-9-5-10(14)11(15)4-8(9)12(18)17-3-1-2-7(16)6-17;/h4-5,7H,1-3,6,16H2;1H/t7-;/m1./s1. The second kappa shape index (κ2) is 7.06. The number of nitrogens with zero attached hydrogens (tertiary/aromatic N) is 1. The van der Waals surface area contributed by atoms with Gasteiger partial charge >= 0.3 is 0 Å². The first-order chi connectivity index (χ1) is 8.49. The highest BCUT2D eigenvalue weighted by Crippen LogP contribution is 2.24. The Morgan fingerprint density at radius 2 is 2.21 bits per heavy atom. The van der Waals surface area contributed by atoms with E-state index in [1.54, 1.807) is 4.90 Å². The smallest absolute Gasteiger partial charge is 0.255 e. The number of hydrogen-bond acceptors (Lipinski definition) is 2. The first-order valence-electron chi connectivity index (χ1n) is 5.68. The third-order valence-electron chi connectivity index (χ3n) is 2.99. The molecule has 0 aromatic heterocycles. The quantitative estimate of drug-likeness (QED) is 0.562. The van der Waals surface area contributed by atoms with Gasteiger partial charge < -0.3 is 10.6 Å². The van der Waals surface area contributed by atoms with Crippen LogP contribution in [0, 0.1) is 9.39 Å². The Labute approximate surface area is 136 Å². The topological polar surface area (TPSA) is 46.3 Å². The van der Waals surface area contributed by atoms with Gasteiger partial charge in [-0.25, -0.2) is 4.39 Å². The van der Waals surface area contributed by atoms with Crippen LogP contribution in [0.4, 0.5) is 4.39 Å². The van der Waals surface area contributed by atoms with Gasteiger partial charge in [-0.3, -0.25) is 4.79 Å². The Balaban J connectivity index is 0.00000180. The van der Waals surface area contributed by atoms with E-state index < -0.39 is 5.82 Å². The molecule has 3 nitrogen and oxygen atoms in total. The van der Waals surface area contributed by atoms with E-state index in [0.717, 1.165) is 12.8 Å². The van der Waals surface area contributed by atoms with Gasteiger partial charge in [0.1, 0.15) is 5.82 Å². The van der Waals surface area contributed by atoms with Crippen molar-refractivity contribution in [3.05, 3.63) is 32.1 Å². The van der Waals surface area contributed by atoms with Crippen molar-refractivity contribution in [3.8, 4) is 0 Å². The highest BCUT2D eigenvalue weighted by molar-refractivity contribution is 14.1. The molecule has 7 heteroatoms. The van der Waals surface area contributed by atoms with E-state index in [-0.39, 0.29) is 29.4 Å². The predicted molar refractivity (Wildman–Crippen MR) is 84.5 cm³/mol. The van der Waals surface area contributed by atoms with Crippen LogP contribution in [0.15, 0.2) is 12.1 Å². The van der Waals surface area contributed by atoms with E-state index in [4.69, 9.17) is 17.3 Å². The lowest BCUT2D eigenvalue weighted by Gasteiger charge is -2.31. The zero-order chi connectivity index (χ0) is 13.3. The van der Waals surface area contributed by atoms with Crippen LogP contribution < -0.4 is 5.73 Å². The summed E-state index contributed by atoms with van der Waals surface area (Å²) in [7, 11) is 0. The van der Waals surface area contributed by atoms with Crippen molar-refractivity contribution < 1.29 is 9.18 Å². The molecule has 19 heavy (non-hydrogen) atoms.